The Morgan fingerprint density at radius 2 is 1.87 bits per heavy atom. The fourth-order valence-corrected chi connectivity index (χ4v) is 5.17. The summed E-state index contributed by atoms with van der Waals surface area (Å²) >= 11 is 0. The van der Waals surface area contributed by atoms with E-state index in [2.05, 4.69) is 48.6 Å². The Labute approximate surface area is 175 Å². The minimum atomic E-state index is -3.10. The molecule has 1 N–H and O–H groups in total. The van der Waals surface area contributed by atoms with Gasteiger partial charge in [-0.3, -0.25) is 0 Å². The lowest BCUT2D eigenvalue weighted by molar-refractivity contribution is 0.0390. The molecule has 0 bridgehead atoms. The zero-order valence-corrected chi connectivity index (χ0v) is 18.0. The third kappa shape index (κ3) is 3.27. The van der Waals surface area contributed by atoms with Gasteiger partial charge in [0.25, 0.3) is 0 Å². The van der Waals surface area contributed by atoms with E-state index < -0.39 is 10.0 Å². The maximum absolute atomic E-state index is 11.6. The molecule has 11 heteroatoms. The second-order valence-electron chi connectivity index (χ2n) is 8.56. The normalized spacial score (nSPS) is 18.6. The van der Waals surface area contributed by atoms with Crippen LogP contribution in [-0.4, -0.2) is 69.7 Å². The second-order valence-corrected chi connectivity index (χ2v) is 10.5. The van der Waals surface area contributed by atoms with Gasteiger partial charge in [0.1, 0.15) is 17.2 Å². The molecule has 1 spiro atoms. The zero-order chi connectivity index (χ0) is 21.1. The lowest BCUT2D eigenvalue weighted by Gasteiger charge is -2.59. The number of fused-ring (bicyclic) bond motifs is 1. The van der Waals surface area contributed by atoms with Gasteiger partial charge in [0.15, 0.2) is 0 Å². The van der Waals surface area contributed by atoms with Crippen molar-refractivity contribution >= 4 is 38.6 Å². The summed E-state index contributed by atoms with van der Waals surface area (Å²) in [4.78, 5) is 19.9. The quantitative estimate of drug-likeness (QED) is 0.653. The van der Waals surface area contributed by atoms with E-state index in [0.717, 1.165) is 24.1 Å². The van der Waals surface area contributed by atoms with Crippen molar-refractivity contribution in [1.82, 2.24) is 28.8 Å². The van der Waals surface area contributed by atoms with E-state index in [9.17, 15) is 8.42 Å². The SMILES string of the molecule is CC(C)n1cnc2cnc(Nc3ccnc(N4CC5(C4)CN(S(C)(=O)=O)C5)n3)cc21. The van der Waals surface area contributed by atoms with Gasteiger partial charge in [0.05, 0.1) is 24.3 Å². The predicted molar refractivity (Wildman–Crippen MR) is 114 cm³/mol. The lowest BCUT2D eigenvalue weighted by Crippen LogP contribution is -2.73. The van der Waals surface area contributed by atoms with Crippen LogP contribution in [0, 0.1) is 5.41 Å². The Morgan fingerprint density at radius 1 is 1.10 bits per heavy atom. The van der Waals surface area contributed by atoms with Gasteiger partial charge < -0.3 is 14.8 Å². The zero-order valence-electron chi connectivity index (χ0n) is 17.1. The van der Waals surface area contributed by atoms with Gasteiger partial charge in [0, 0.05) is 49.9 Å². The summed E-state index contributed by atoms with van der Waals surface area (Å²) in [6.07, 6.45) is 6.56. The molecule has 0 amide bonds. The Bertz CT molecular complexity index is 1210. The van der Waals surface area contributed by atoms with Gasteiger partial charge in [-0.2, -0.15) is 4.98 Å². The monoisotopic (exact) mass is 428 g/mol. The first-order valence-corrected chi connectivity index (χ1v) is 11.7. The molecule has 0 aromatic carbocycles. The first-order chi connectivity index (χ1) is 14.2. The molecule has 2 fully saturated rings. The number of pyridine rings is 1. The third-order valence-electron chi connectivity index (χ3n) is 5.74. The molecule has 30 heavy (non-hydrogen) atoms. The van der Waals surface area contributed by atoms with Gasteiger partial charge in [0.2, 0.25) is 16.0 Å². The molecule has 0 atom stereocenters. The largest absolute Gasteiger partial charge is 0.339 e. The maximum atomic E-state index is 11.6. The smallest absolute Gasteiger partial charge is 0.227 e. The number of hydrogen-bond acceptors (Lipinski definition) is 8. The minimum Gasteiger partial charge on any atom is -0.339 e. The number of rotatable bonds is 5. The van der Waals surface area contributed by atoms with Crippen molar-refractivity contribution in [3.8, 4) is 0 Å². The number of sulfonamides is 1. The van der Waals surface area contributed by atoms with Crippen LogP contribution in [0.1, 0.15) is 19.9 Å². The summed E-state index contributed by atoms with van der Waals surface area (Å²) in [6, 6.07) is 4.08. The highest BCUT2D eigenvalue weighted by Gasteiger charge is 2.54. The highest BCUT2D eigenvalue weighted by atomic mass is 32.2. The van der Waals surface area contributed by atoms with Crippen LogP contribution >= 0.6 is 0 Å². The summed E-state index contributed by atoms with van der Waals surface area (Å²) in [6.45, 7) is 6.91. The van der Waals surface area contributed by atoms with E-state index >= 15 is 0 Å². The highest BCUT2D eigenvalue weighted by molar-refractivity contribution is 7.88. The van der Waals surface area contributed by atoms with Crippen LogP contribution in [-0.2, 0) is 10.0 Å². The average Bonchev–Trinajstić information content (AvgIpc) is 3.02. The van der Waals surface area contributed by atoms with E-state index in [1.807, 2.05) is 12.4 Å². The van der Waals surface area contributed by atoms with E-state index in [-0.39, 0.29) is 5.41 Å². The van der Waals surface area contributed by atoms with Crippen molar-refractivity contribution in [2.75, 3.05) is 42.7 Å². The molecule has 158 valence electrons. The van der Waals surface area contributed by atoms with E-state index in [1.54, 1.807) is 18.5 Å². The molecule has 10 nitrogen and oxygen atoms in total. The fraction of sp³-hybridized carbons (Fsp3) is 0.474. The van der Waals surface area contributed by atoms with Crippen LogP contribution in [0.15, 0.2) is 30.9 Å². The molecular weight excluding hydrogens is 404 g/mol. The van der Waals surface area contributed by atoms with Crippen molar-refractivity contribution in [2.24, 2.45) is 5.41 Å². The lowest BCUT2D eigenvalue weighted by atomic mass is 9.74. The standard InChI is InChI=1S/C19H24N8O2S/c1-13(2)27-12-22-14-7-21-17(6-15(14)27)23-16-4-5-20-18(24-16)25-8-19(9-25)10-26(11-19)30(3,28)29/h4-7,12-13H,8-11H2,1-3H3,(H,20,21,23,24). The van der Waals surface area contributed by atoms with Crippen LogP contribution in [0.2, 0.25) is 0 Å². The fourth-order valence-electron chi connectivity index (χ4n) is 4.15. The molecule has 5 heterocycles. The summed E-state index contributed by atoms with van der Waals surface area (Å²) < 4.78 is 26.8. The Kier molecular flexibility index (Phi) is 4.23. The molecule has 2 aliphatic heterocycles. The van der Waals surface area contributed by atoms with Crippen molar-refractivity contribution in [3.63, 3.8) is 0 Å². The van der Waals surface area contributed by atoms with Gasteiger partial charge in [-0.05, 0) is 19.9 Å². The van der Waals surface area contributed by atoms with Crippen molar-refractivity contribution < 1.29 is 8.42 Å². The van der Waals surface area contributed by atoms with Crippen molar-refractivity contribution in [2.45, 2.75) is 19.9 Å². The average molecular weight is 429 g/mol. The molecule has 5 rings (SSSR count). The molecule has 0 aliphatic carbocycles. The van der Waals surface area contributed by atoms with Gasteiger partial charge in [-0.25, -0.2) is 27.7 Å². The van der Waals surface area contributed by atoms with E-state index in [4.69, 9.17) is 0 Å². The summed E-state index contributed by atoms with van der Waals surface area (Å²) in [5.41, 5.74) is 1.91. The predicted octanol–water partition coefficient (Wildman–Crippen LogP) is 1.63. The molecule has 2 aliphatic rings. The van der Waals surface area contributed by atoms with Crippen LogP contribution < -0.4 is 10.2 Å². The molecule has 3 aromatic heterocycles. The number of nitrogens with zero attached hydrogens (tertiary/aromatic N) is 7. The topological polar surface area (TPSA) is 109 Å². The van der Waals surface area contributed by atoms with E-state index in [1.165, 1.54) is 10.6 Å². The third-order valence-corrected chi connectivity index (χ3v) is 6.94. The summed E-state index contributed by atoms with van der Waals surface area (Å²) in [5.74, 6) is 1.99. The van der Waals surface area contributed by atoms with Gasteiger partial charge in [-0.15, -0.1) is 0 Å². The Balaban J connectivity index is 1.29. The second kappa shape index (κ2) is 6.61. The number of anilines is 3. The van der Waals surface area contributed by atoms with Crippen LogP contribution in [0.4, 0.5) is 17.6 Å². The number of imidazole rings is 1. The van der Waals surface area contributed by atoms with Crippen LogP contribution in [0.5, 0.6) is 0 Å². The molecular formula is C19H24N8O2S. The molecule has 3 aromatic rings. The maximum Gasteiger partial charge on any atom is 0.227 e. The number of hydrogen-bond donors (Lipinski definition) is 1. The number of aromatic nitrogens is 5. The summed E-state index contributed by atoms with van der Waals surface area (Å²) in [7, 11) is -3.10. The first kappa shape index (κ1) is 19.2. The number of nitrogens with one attached hydrogen (secondary N) is 1. The van der Waals surface area contributed by atoms with E-state index in [0.29, 0.717) is 36.7 Å². The highest BCUT2D eigenvalue weighted by Crippen LogP contribution is 2.42. The molecule has 0 radical (unpaired) electrons. The van der Waals surface area contributed by atoms with Gasteiger partial charge in [-0.1, -0.05) is 0 Å². The minimum absolute atomic E-state index is 0.0394. The van der Waals surface area contributed by atoms with Crippen LogP contribution in [0.3, 0.4) is 0 Å². The first-order valence-electron chi connectivity index (χ1n) is 9.85. The van der Waals surface area contributed by atoms with Crippen molar-refractivity contribution in [3.05, 3.63) is 30.9 Å². The Morgan fingerprint density at radius 3 is 2.57 bits per heavy atom. The van der Waals surface area contributed by atoms with Gasteiger partial charge >= 0.3 is 0 Å². The summed E-state index contributed by atoms with van der Waals surface area (Å²) in [5, 5.41) is 3.25. The Hall–Kier alpha value is -2.79. The molecule has 0 saturated carbocycles. The van der Waals surface area contributed by atoms with Crippen LogP contribution in [0.25, 0.3) is 11.0 Å². The molecule has 0 unspecified atom stereocenters. The van der Waals surface area contributed by atoms with Crippen molar-refractivity contribution in [1.29, 1.82) is 0 Å². The molecule has 2 saturated heterocycles.